The van der Waals surface area contributed by atoms with Crippen LogP contribution in [0.4, 0.5) is 0 Å². The minimum atomic E-state index is 0.129. The highest BCUT2D eigenvalue weighted by Gasteiger charge is 2.07. The van der Waals surface area contributed by atoms with Gasteiger partial charge < -0.3 is 13.9 Å². The average molecular weight is 392 g/mol. The Kier molecular flexibility index (Phi) is 7.51. The van der Waals surface area contributed by atoms with Crippen molar-refractivity contribution in [2.45, 2.75) is 39.5 Å². The summed E-state index contributed by atoms with van der Waals surface area (Å²) in [5.74, 6) is 2.38. The predicted octanol–water partition coefficient (Wildman–Crippen LogP) is 6.45. The van der Waals surface area contributed by atoms with Crippen LogP contribution < -0.4 is 15.0 Å². The van der Waals surface area contributed by atoms with Crippen LogP contribution in [-0.4, -0.2) is 13.2 Å². The Bertz CT molecular complexity index is 868. The number of ether oxygens (including phenoxy) is 2. The van der Waals surface area contributed by atoms with Crippen molar-refractivity contribution in [3.8, 4) is 33.9 Å². The second-order valence-corrected chi connectivity index (χ2v) is 7.03. The molecule has 3 rings (SSSR count). The van der Waals surface area contributed by atoms with Crippen molar-refractivity contribution in [3.63, 3.8) is 0 Å². The van der Waals surface area contributed by atoms with E-state index >= 15 is 0 Å². The Labute approximate surface area is 172 Å². The van der Waals surface area contributed by atoms with Gasteiger partial charge in [0.1, 0.15) is 17.3 Å². The maximum atomic E-state index is 8.07. The molecule has 0 aliphatic heterocycles. The first-order chi connectivity index (χ1) is 14.2. The SMILES string of the molecule is CCCCOc1ccc(-c2cc(-c3ccc(OCCCC)cc3)oc(=N)c2)cc1. The highest BCUT2D eigenvalue weighted by molar-refractivity contribution is 5.69. The summed E-state index contributed by atoms with van der Waals surface area (Å²) in [5.41, 5.74) is 3.02. The van der Waals surface area contributed by atoms with Crippen molar-refractivity contribution in [1.29, 1.82) is 5.41 Å². The van der Waals surface area contributed by atoms with Crippen LogP contribution in [0.5, 0.6) is 11.5 Å². The first kappa shape index (κ1) is 20.7. The van der Waals surface area contributed by atoms with Gasteiger partial charge in [-0.2, -0.15) is 0 Å². The molecule has 3 aromatic rings. The van der Waals surface area contributed by atoms with Gasteiger partial charge in [0.05, 0.1) is 13.2 Å². The van der Waals surface area contributed by atoms with Gasteiger partial charge in [-0.05, 0) is 66.4 Å². The van der Waals surface area contributed by atoms with Crippen molar-refractivity contribution < 1.29 is 13.9 Å². The zero-order valence-corrected chi connectivity index (χ0v) is 17.2. The molecule has 0 unspecified atom stereocenters. The lowest BCUT2D eigenvalue weighted by molar-refractivity contribution is 0.309. The largest absolute Gasteiger partial charge is 0.494 e. The molecular weight excluding hydrogens is 362 g/mol. The summed E-state index contributed by atoms with van der Waals surface area (Å²) >= 11 is 0. The van der Waals surface area contributed by atoms with Gasteiger partial charge in [-0.15, -0.1) is 0 Å². The molecule has 0 aliphatic carbocycles. The standard InChI is InChI=1S/C25H29NO3/c1-3-5-15-27-22-11-7-19(8-12-22)21-17-24(29-25(26)18-21)20-9-13-23(14-10-20)28-16-6-4-2/h7-14,17-18,26H,3-6,15-16H2,1-2H3. The molecule has 1 aromatic heterocycles. The van der Waals surface area contributed by atoms with Crippen LogP contribution in [-0.2, 0) is 0 Å². The van der Waals surface area contributed by atoms with Gasteiger partial charge in [-0.25, -0.2) is 0 Å². The van der Waals surface area contributed by atoms with Crippen molar-refractivity contribution in [1.82, 2.24) is 0 Å². The fourth-order valence-corrected chi connectivity index (χ4v) is 2.94. The summed E-state index contributed by atoms with van der Waals surface area (Å²) in [7, 11) is 0. The Balaban J connectivity index is 1.77. The van der Waals surface area contributed by atoms with E-state index in [1.54, 1.807) is 6.07 Å². The Morgan fingerprint density at radius 1 is 0.690 bits per heavy atom. The number of unbranched alkanes of at least 4 members (excludes halogenated alkanes) is 2. The monoisotopic (exact) mass is 391 g/mol. The van der Waals surface area contributed by atoms with Gasteiger partial charge in [0.2, 0.25) is 5.55 Å². The minimum Gasteiger partial charge on any atom is -0.494 e. The summed E-state index contributed by atoms with van der Waals surface area (Å²) in [6.45, 7) is 5.76. The highest BCUT2D eigenvalue weighted by Crippen LogP contribution is 2.27. The molecular formula is C25H29NO3. The number of benzene rings is 2. The van der Waals surface area contributed by atoms with Crippen molar-refractivity contribution in [2.75, 3.05) is 13.2 Å². The molecule has 4 heteroatoms. The molecule has 29 heavy (non-hydrogen) atoms. The van der Waals surface area contributed by atoms with E-state index in [9.17, 15) is 0 Å². The number of rotatable bonds is 10. The molecule has 0 saturated heterocycles. The maximum absolute atomic E-state index is 8.07. The van der Waals surface area contributed by atoms with E-state index in [4.69, 9.17) is 19.3 Å². The van der Waals surface area contributed by atoms with Crippen LogP contribution in [0.3, 0.4) is 0 Å². The van der Waals surface area contributed by atoms with Gasteiger partial charge in [0.15, 0.2) is 0 Å². The molecule has 0 radical (unpaired) electrons. The topological polar surface area (TPSA) is 55.5 Å². The van der Waals surface area contributed by atoms with Gasteiger partial charge in [0, 0.05) is 11.6 Å². The molecule has 4 nitrogen and oxygen atoms in total. The maximum Gasteiger partial charge on any atom is 0.212 e. The molecule has 152 valence electrons. The van der Waals surface area contributed by atoms with Crippen LogP contribution in [0.1, 0.15) is 39.5 Å². The lowest BCUT2D eigenvalue weighted by Gasteiger charge is -2.09. The van der Waals surface area contributed by atoms with Crippen LogP contribution in [0.15, 0.2) is 65.1 Å². The molecule has 0 amide bonds. The fraction of sp³-hybridized carbons (Fsp3) is 0.320. The minimum absolute atomic E-state index is 0.129. The van der Waals surface area contributed by atoms with E-state index < -0.39 is 0 Å². The molecule has 0 bridgehead atoms. The van der Waals surface area contributed by atoms with E-state index in [0.717, 1.165) is 67.1 Å². The van der Waals surface area contributed by atoms with Crippen molar-refractivity contribution in [2.24, 2.45) is 0 Å². The number of hydrogen-bond donors (Lipinski definition) is 1. The van der Waals surface area contributed by atoms with Gasteiger partial charge in [-0.3, -0.25) is 5.41 Å². The van der Waals surface area contributed by atoms with E-state index in [1.807, 2.05) is 54.6 Å². The van der Waals surface area contributed by atoms with Crippen LogP contribution in [0.2, 0.25) is 0 Å². The predicted molar refractivity (Wildman–Crippen MR) is 116 cm³/mol. The zero-order valence-electron chi connectivity index (χ0n) is 17.2. The molecule has 1 N–H and O–H groups in total. The van der Waals surface area contributed by atoms with Crippen LogP contribution in [0.25, 0.3) is 22.5 Å². The van der Waals surface area contributed by atoms with Crippen molar-refractivity contribution in [3.05, 3.63) is 66.2 Å². The quantitative estimate of drug-likeness (QED) is 0.404. The fourth-order valence-electron chi connectivity index (χ4n) is 2.94. The Morgan fingerprint density at radius 3 is 1.72 bits per heavy atom. The summed E-state index contributed by atoms with van der Waals surface area (Å²) in [6, 6.07) is 19.5. The third kappa shape index (κ3) is 5.98. The number of nitrogens with one attached hydrogen (secondary N) is 1. The summed E-state index contributed by atoms with van der Waals surface area (Å²) in [6.07, 6.45) is 4.33. The molecule has 0 spiro atoms. The lowest BCUT2D eigenvalue weighted by Crippen LogP contribution is -2.00. The third-order valence-corrected chi connectivity index (χ3v) is 4.65. The van der Waals surface area contributed by atoms with E-state index in [0.29, 0.717) is 5.76 Å². The normalized spacial score (nSPS) is 10.7. The van der Waals surface area contributed by atoms with Gasteiger partial charge in [-0.1, -0.05) is 38.8 Å². The molecule has 0 fully saturated rings. The van der Waals surface area contributed by atoms with E-state index in [1.165, 1.54) is 0 Å². The van der Waals surface area contributed by atoms with Crippen LogP contribution in [0, 0.1) is 5.41 Å². The van der Waals surface area contributed by atoms with E-state index in [-0.39, 0.29) is 5.55 Å². The number of hydrogen-bond acceptors (Lipinski definition) is 4. The molecule has 1 heterocycles. The molecule has 0 saturated carbocycles. The average Bonchev–Trinajstić information content (AvgIpc) is 2.75. The molecule has 0 aliphatic rings. The van der Waals surface area contributed by atoms with Crippen LogP contribution >= 0.6 is 0 Å². The van der Waals surface area contributed by atoms with Gasteiger partial charge in [0.25, 0.3) is 0 Å². The molecule has 2 aromatic carbocycles. The summed E-state index contributed by atoms with van der Waals surface area (Å²) < 4.78 is 17.1. The summed E-state index contributed by atoms with van der Waals surface area (Å²) in [4.78, 5) is 0. The second kappa shape index (κ2) is 10.5. The first-order valence-electron chi connectivity index (χ1n) is 10.4. The molecule has 0 atom stereocenters. The third-order valence-electron chi connectivity index (χ3n) is 4.65. The smallest absolute Gasteiger partial charge is 0.212 e. The first-order valence-corrected chi connectivity index (χ1v) is 10.4. The Morgan fingerprint density at radius 2 is 1.21 bits per heavy atom. The van der Waals surface area contributed by atoms with Gasteiger partial charge >= 0.3 is 0 Å². The lowest BCUT2D eigenvalue weighted by atomic mass is 10.0. The zero-order chi connectivity index (χ0) is 20.5. The Hall–Kier alpha value is -3.01. The van der Waals surface area contributed by atoms with Crippen molar-refractivity contribution >= 4 is 0 Å². The summed E-state index contributed by atoms with van der Waals surface area (Å²) in [5, 5.41) is 8.07. The van der Waals surface area contributed by atoms with E-state index in [2.05, 4.69) is 13.8 Å². The highest BCUT2D eigenvalue weighted by atomic mass is 16.5. The second-order valence-electron chi connectivity index (χ2n) is 7.03.